The molecule has 0 amide bonds. The lowest BCUT2D eigenvalue weighted by Gasteiger charge is -2.31. The zero-order valence-electron chi connectivity index (χ0n) is 10.9. The Morgan fingerprint density at radius 3 is 1.94 bits per heavy atom. The Bertz CT molecular complexity index is 206. The Morgan fingerprint density at radius 1 is 1.19 bits per heavy atom. The van der Waals surface area contributed by atoms with Gasteiger partial charge in [0.05, 0.1) is 0 Å². The summed E-state index contributed by atoms with van der Waals surface area (Å²) in [7, 11) is -2.21. The smallest absolute Gasteiger partial charge is 0.335 e. The average molecular weight is 248 g/mol. The van der Waals surface area contributed by atoms with E-state index in [9.17, 15) is 4.79 Å². The molecule has 96 valence electrons. The third kappa shape index (κ3) is 7.84. The van der Waals surface area contributed by atoms with Crippen molar-refractivity contribution in [3.05, 3.63) is 0 Å². The highest BCUT2D eigenvalue weighted by Crippen LogP contribution is 2.20. The van der Waals surface area contributed by atoms with Crippen LogP contribution in [0.1, 0.15) is 40.5 Å². The fraction of sp³-hybridized carbons (Fsp3) is 0.909. The molecule has 0 rings (SSSR count). The lowest BCUT2D eigenvalue weighted by Crippen LogP contribution is -2.42. The van der Waals surface area contributed by atoms with Crippen LogP contribution in [-0.4, -0.2) is 31.8 Å². The van der Waals surface area contributed by atoms with Crippen LogP contribution in [0.15, 0.2) is 0 Å². The molecule has 0 aromatic carbocycles. The van der Waals surface area contributed by atoms with Gasteiger partial charge in [-0.2, -0.15) is 0 Å². The largest absolute Gasteiger partial charge is 0.481 e. The van der Waals surface area contributed by atoms with Gasteiger partial charge in [-0.3, -0.25) is 4.79 Å². The van der Waals surface area contributed by atoms with Gasteiger partial charge in [0.2, 0.25) is 0 Å². The lowest BCUT2D eigenvalue weighted by molar-refractivity contribution is -0.137. The Kier molecular flexibility index (Phi) is 6.86. The SMILES string of the molecule is CC(C)O[Si](C)(CCCC(=O)O)OC(C)C. The second-order valence-electron chi connectivity index (χ2n) is 4.71. The summed E-state index contributed by atoms with van der Waals surface area (Å²) in [5.74, 6) is -0.759. The number of rotatable bonds is 8. The number of carbonyl (C=O) groups is 1. The summed E-state index contributed by atoms with van der Waals surface area (Å²) in [6.07, 6.45) is 1.06. The van der Waals surface area contributed by atoms with Gasteiger partial charge in [-0.1, -0.05) is 0 Å². The second-order valence-corrected chi connectivity index (χ2v) is 7.95. The predicted molar refractivity (Wildman–Crippen MR) is 65.7 cm³/mol. The van der Waals surface area contributed by atoms with Crippen molar-refractivity contribution >= 4 is 14.5 Å². The molecule has 1 N–H and O–H groups in total. The first-order valence-electron chi connectivity index (χ1n) is 5.82. The quantitative estimate of drug-likeness (QED) is 0.671. The van der Waals surface area contributed by atoms with Crippen LogP contribution in [0.5, 0.6) is 0 Å². The lowest BCUT2D eigenvalue weighted by atomic mass is 10.3. The van der Waals surface area contributed by atoms with E-state index in [0.717, 1.165) is 6.04 Å². The van der Waals surface area contributed by atoms with Crippen molar-refractivity contribution < 1.29 is 18.8 Å². The third-order valence-corrected chi connectivity index (χ3v) is 5.19. The zero-order valence-corrected chi connectivity index (χ0v) is 11.9. The maximum atomic E-state index is 10.5. The van der Waals surface area contributed by atoms with Crippen molar-refractivity contribution in [1.29, 1.82) is 0 Å². The predicted octanol–water partition coefficient (Wildman–Crippen LogP) is 2.77. The molecular weight excluding hydrogens is 224 g/mol. The minimum atomic E-state index is -2.21. The van der Waals surface area contributed by atoms with E-state index >= 15 is 0 Å². The monoisotopic (exact) mass is 248 g/mol. The van der Waals surface area contributed by atoms with Crippen LogP contribution >= 0.6 is 0 Å². The summed E-state index contributed by atoms with van der Waals surface area (Å²) in [5, 5.41) is 8.61. The maximum absolute atomic E-state index is 10.5. The van der Waals surface area contributed by atoms with Crippen molar-refractivity contribution in [2.24, 2.45) is 0 Å². The van der Waals surface area contributed by atoms with Gasteiger partial charge in [0.15, 0.2) is 0 Å². The summed E-state index contributed by atoms with van der Waals surface area (Å²) >= 11 is 0. The molecule has 0 radical (unpaired) electrons. The van der Waals surface area contributed by atoms with Gasteiger partial charge < -0.3 is 14.0 Å². The molecule has 0 saturated heterocycles. The van der Waals surface area contributed by atoms with Gasteiger partial charge in [-0.15, -0.1) is 0 Å². The van der Waals surface area contributed by atoms with E-state index < -0.39 is 14.5 Å². The van der Waals surface area contributed by atoms with E-state index in [1.54, 1.807) is 0 Å². The molecule has 4 nitrogen and oxygen atoms in total. The number of carboxylic acids is 1. The summed E-state index contributed by atoms with van der Waals surface area (Å²) < 4.78 is 11.7. The molecule has 0 spiro atoms. The summed E-state index contributed by atoms with van der Waals surface area (Å²) in [6, 6.07) is 0.732. The highest BCUT2D eigenvalue weighted by Gasteiger charge is 2.33. The van der Waals surface area contributed by atoms with Crippen LogP contribution in [0.25, 0.3) is 0 Å². The third-order valence-electron chi connectivity index (χ3n) is 1.99. The molecule has 16 heavy (non-hydrogen) atoms. The molecule has 0 aromatic rings. The van der Waals surface area contributed by atoms with Crippen molar-refractivity contribution in [3.63, 3.8) is 0 Å². The first kappa shape index (κ1) is 15.6. The molecule has 0 aliphatic heterocycles. The van der Waals surface area contributed by atoms with Gasteiger partial charge in [0.1, 0.15) is 0 Å². The molecule has 5 heteroatoms. The number of carboxylic acid groups (broad SMARTS) is 1. The van der Waals surface area contributed by atoms with Gasteiger partial charge in [0, 0.05) is 18.6 Å². The van der Waals surface area contributed by atoms with Crippen LogP contribution in [0.3, 0.4) is 0 Å². The first-order chi connectivity index (χ1) is 7.25. The molecule has 0 aliphatic rings. The fourth-order valence-electron chi connectivity index (χ4n) is 1.70. The van der Waals surface area contributed by atoms with Gasteiger partial charge >= 0.3 is 14.5 Å². The fourth-order valence-corrected chi connectivity index (χ4v) is 4.81. The van der Waals surface area contributed by atoms with E-state index in [1.165, 1.54) is 0 Å². The van der Waals surface area contributed by atoms with Crippen molar-refractivity contribution in [2.75, 3.05) is 0 Å². The minimum Gasteiger partial charge on any atom is -0.481 e. The van der Waals surface area contributed by atoms with Crippen molar-refractivity contribution in [1.82, 2.24) is 0 Å². The summed E-state index contributed by atoms with van der Waals surface area (Å²) in [6.45, 7) is 9.92. The van der Waals surface area contributed by atoms with Crippen molar-refractivity contribution in [3.8, 4) is 0 Å². The highest BCUT2D eigenvalue weighted by molar-refractivity contribution is 6.66. The van der Waals surface area contributed by atoms with Crippen LogP contribution in [0.4, 0.5) is 0 Å². The van der Waals surface area contributed by atoms with Gasteiger partial charge in [-0.05, 0) is 46.7 Å². The summed E-state index contributed by atoms with van der Waals surface area (Å²) in [4.78, 5) is 10.5. The molecule has 0 bridgehead atoms. The number of hydrogen-bond donors (Lipinski definition) is 1. The zero-order chi connectivity index (χ0) is 12.8. The van der Waals surface area contributed by atoms with Crippen LogP contribution in [0.2, 0.25) is 12.6 Å². The Labute approximate surface area is 99.2 Å². The minimum absolute atomic E-state index is 0.125. The number of hydrogen-bond acceptors (Lipinski definition) is 3. The second kappa shape index (κ2) is 7.03. The molecule has 0 fully saturated rings. The first-order valence-corrected chi connectivity index (χ1v) is 8.35. The molecule has 0 aliphatic carbocycles. The van der Waals surface area contributed by atoms with Crippen molar-refractivity contribution in [2.45, 2.75) is 65.3 Å². The average Bonchev–Trinajstić information content (AvgIpc) is 1.98. The normalized spacial score (nSPS) is 12.4. The van der Waals surface area contributed by atoms with Crippen LogP contribution < -0.4 is 0 Å². The van der Waals surface area contributed by atoms with Gasteiger partial charge in [-0.25, -0.2) is 0 Å². The molecule has 0 heterocycles. The van der Waals surface area contributed by atoms with Crippen LogP contribution in [-0.2, 0) is 13.6 Å². The topological polar surface area (TPSA) is 55.8 Å². The van der Waals surface area contributed by atoms with E-state index in [1.807, 2.05) is 34.2 Å². The van der Waals surface area contributed by atoms with E-state index in [2.05, 4.69) is 0 Å². The van der Waals surface area contributed by atoms with E-state index in [-0.39, 0.29) is 18.6 Å². The Hall–Kier alpha value is -0.393. The standard InChI is InChI=1S/C11H24O4Si/c1-9(2)14-16(5,15-10(3)4)8-6-7-11(12)13/h9-10H,6-8H2,1-5H3,(H,12,13). The Balaban J connectivity index is 4.23. The molecule has 0 saturated carbocycles. The van der Waals surface area contributed by atoms with E-state index in [4.69, 9.17) is 14.0 Å². The van der Waals surface area contributed by atoms with E-state index in [0.29, 0.717) is 6.42 Å². The highest BCUT2D eigenvalue weighted by atomic mass is 28.4. The molecule has 0 aromatic heterocycles. The molecule has 0 unspecified atom stereocenters. The molecule has 0 atom stereocenters. The Morgan fingerprint density at radius 2 is 1.62 bits per heavy atom. The van der Waals surface area contributed by atoms with Crippen LogP contribution in [0, 0.1) is 0 Å². The number of aliphatic carboxylic acids is 1. The summed E-state index contributed by atoms with van der Waals surface area (Å²) in [5.41, 5.74) is 0. The van der Waals surface area contributed by atoms with Gasteiger partial charge in [0.25, 0.3) is 0 Å². The molecular formula is C11H24O4Si. The maximum Gasteiger partial charge on any atom is 0.335 e.